The monoisotopic (exact) mass is 225 g/mol. The van der Waals surface area contributed by atoms with Gasteiger partial charge < -0.3 is 35.4 Å². The van der Waals surface area contributed by atoms with Crippen molar-refractivity contribution in [2.45, 2.75) is 30.0 Å². The Balaban J connectivity index is 3.01. The highest BCUT2D eigenvalue weighted by atomic mass is 16.8. The maximum absolute atomic E-state index is 9.78. The summed E-state index contributed by atoms with van der Waals surface area (Å²) in [6.45, 7) is -0.774. The first kappa shape index (κ1) is 12.7. The molecule has 0 unspecified atom stereocenters. The zero-order chi connectivity index (χ0) is 11.9. The summed E-state index contributed by atoms with van der Waals surface area (Å²) >= 11 is 0. The molecule has 0 saturated carbocycles. The van der Waals surface area contributed by atoms with Gasteiger partial charge in [-0.2, -0.15) is 0 Å². The Morgan fingerprint density at radius 2 is 1.73 bits per heavy atom. The largest absolute Gasteiger partial charge is 0.393 e. The van der Waals surface area contributed by atoms with Crippen LogP contribution in [0.1, 0.15) is 0 Å². The van der Waals surface area contributed by atoms with Gasteiger partial charge in [-0.3, -0.25) is 5.32 Å². The molecule has 0 bridgehead atoms. The lowest BCUT2D eigenvalue weighted by Crippen LogP contribution is -2.75. The van der Waals surface area contributed by atoms with E-state index in [1.807, 2.05) is 0 Å². The molecule has 0 amide bonds. The number of hydrogen-bond donors (Lipinski definition) is 7. The first-order valence-corrected chi connectivity index (χ1v) is 4.30. The summed E-state index contributed by atoms with van der Waals surface area (Å²) < 4.78 is 4.45. The Bertz CT molecular complexity index is 231. The van der Waals surface area contributed by atoms with Gasteiger partial charge in [-0.25, -0.2) is 0 Å². The number of rotatable bonds is 2. The second-order valence-electron chi connectivity index (χ2n) is 3.41. The molecular formula is C7H15NO7. The van der Waals surface area contributed by atoms with Crippen LogP contribution in [0.4, 0.5) is 0 Å². The minimum Gasteiger partial charge on any atom is -0.393 e. The van der Waals surface area contributed by atoms with Crippen molar-refractivity contribution in [3.8, 4) is 0 Å². The summed E-state index contributed by atoms with van der Waals surface area (Å²) in [5.41, 5.74) is -2.16. The average Bonchev–Trinajstić information content (AvgIpc) is 2.21. The van der Waals surface area contributed by atoms with Gasteiger partial charge in [0.25, 0.3) is 0 Å². The van der Waals surface area contributed by atoms with Crippen LogP contribution < -0.4 is 5.32 Å². The maximum Gasteiger partial charge on any atom is 0.308 e. The minimum absolute atomic E-state index is 0.774. The van der Waals surface area contributed by atoms with Crippen molar-refractivity contribution in [2.24, 2.45) is 0 Å². The summed E-state index contributed by atoms with van der Waals surface area (Å²) in [4.78, 5) is 0. The molecule has 0 aliphatic carbocycles. The van der Waals surface area contributed by atoms with Crippen LogP contribution in [-0.4, -0.2) is 74.3 Å². The van der Waals surface area contributed by atoms with Crippen molar-refractivity contribution in [1.82, 2.24) is 5.32 Å². The number of ether oxygens (including phenoxy) is 1. The Morgan fingerprint density at radius 3 is 2.13 bits per heavy atom. The molecule has 1 fully saturated rings. The van der Waals surface area contributed by atoms with E-state index in [0.717, 1.165) is 0 Å². The third-order valence-electron chi connectivity index (χ3n) is 2.51. The average molecular weight is 225 g/mol. The number of hydrogen-bond acceptors (Lipinski definition) is 8. The smallest absolute Gasteiger partial charge is 0.308 e. The molecule has 0 radical (unpaired) electrons. The number of likely N-dealkylation sites (N-methyl/N-ethyl adjacent to an activating group) is 1. The SMILES string of the molecule is CN[C@]1(O)[C@@H](CO)OC(O)(O)[C@H](O)[C@@H]1O. The fraction of sp³-hybridized carbons (Fsp3) is 1.00. The highest BCUT2D eigenvalue weighted by Crippen LogP contribution is 2.31. The summed E-state index contributed by atoms with van der Waals surface area (Å²) in [7, 11) is 1.25. The number of aliphatic hydroxyl groups is 6. The predicted molar refractivity (Wildman–Crippen MR) is 45.2 cm³/mol. The first-order valence-electron chi connectivity index (χ1n) is 4.30. The van der Waals surface area contributed by atoms with Crippen LogP contribution in [-0.2, 0) is 4.74 Å². The van der Waals surface area contributed by atoms with Crippen molar-refractivity contribution >= 4 is 0 Å². The normalized spacial score (nSPS) is 45.4. The van der Waals surface area contributed by atoms with E-state index in [-0.39, 0.29) is 0 Å². The first-order chi connectivity index (χ1) is 6.79. The van der Waals surface area contributed by atoms with E-state index < -0.39 is 36.6 Å². The zero-order valence-corrected chi connectivity index (χ0v) is 8.03. The standard InChI is InChI=1S/C7H15NO7/c1-8-6(12)3(2-9)15-7(13,14)5(11)4(6)10/h3-5,8-14H,2H2,1H3/t3-,4+,5-,6+/m1/s1. The molecule has 4 atom stereocenters. The molecule has 90 valence electrons. The molecule has 1 rings (SSSR count). The number of nitrogens with one attached hydrogen (secondary N) is 1. The highest BCUT2D eigenvalue weighted by Gasteiger charge is 2.59. The van der Waals surface area contributed by atoms with Gasteiger partial charge in [0.2, 0.25) is 0 Å². The van der Waals surface area contributed by atoms with Gasteiger partial charge >= 0.3 is 5.97 Å². The predicted octanol–water partition coefficient (Wildman–Crippen LogP) is -4.35. The van der Waals surface area contributed by atoms with Crippen LogP contribution in [0, 0.1) is 0 Å². The van der Waals surface area contributed by atoms with E-state index in [1.165, 1.54) is 7.05 Å². The lowest BCUT2D eigenvalue weighted by atomic mass is 9.91. The molecule has 1 saturated heterocycles. The fourth-order valence-corrected chi connectivity index (χ4v) is 1.49. The molecule has 1 aliphatic heterocycles. The molecule has 8 heteroatoms. The van der Waals surface area contributed by atoms with Crippen LogP contribution in [0.3, 0.4) is 0 Å². The molecule has 7 N–H and O–H groups in total. The summed E-state index contributed by atoms with van der Waals surface area (Å²) in [6.07, 6.45) is -5.54. The van der Waals surface area contributed by atoms with Gasteiger partial charge in [0.15, 0.2) is 11.8 Å². The molecule has 0 aromatic rings. The second kappa shape index (κ2) is 3.92. The van der Waals surface area contributed by atoms with Gasteiger partial charge in [-0.05, 0) is 7.05 Å². The third kappa shape index (κ3) is 1.86. The Kier molecular flexibility index (Phi) is 3.33. The molecule has 8 nitrogen and oxygen atoms in total. The topological polar surface area (TPSA) is 143 Å². The minimum atomic E-state index is -3.02. The second-order valence-corrected chi connectivity index (χ2v) is 3.41. The van der Waals surface area contributed by atoms with Crippen LogP contribution in [0.25, 0.3) is 0 Å². The van der Waals surface area contributed by atoms with E-state index in [4.69, 9.17) is 15.3 Å². The highest BCUT2D eigenvalue weighted by molar-refractivity contribution is 5.00. The van der Waals surface area contributed by atoms with Gasteiger partial charge in [-0.15, -0.1) is 0 Å². The Morgan fingerprint density at radius 1 is 1.20 bits per heavy atom. The molecule has 0 spiro atoms. The van der Waals surface area contributed by atoms with Crippen molar-refractivity contribution in [3.63, 3.8) is 0 Å². The maximum atomic E-state index is 9.78. The molecule has 0 aromatic carbocycles. The van der Waals surface area contributed by atoms with Crippen molar-refractivity contribution in [3.05, 3.63) is 0 Å². The van der Waals surface area contributed by atoms with Crippen molar-refractivity contribution in [2.75, 3.05) is 13.7 Å². The van der Waals surface area contributed by atoms with Crippen LogP contribution in [0.2, 0.25) is 0 Å². The molecule has 0 aromatic heterocycles. The van der Waals surface area contributed by atoms with E-state index in [2.05, 4.69) is 10.1 Å². The summed E-state index contributed by atoms with van der Waals surface area (Å²) in [5, 5.41) is 57.8. The zero-order valence-electron chi connectivity index (χ0n) is 8.03. The quantitative estimate of drug-likeness (QED) is 0.234. The lowest BCUT2D eigenvalue weighted by molar-refractivity contribution is -0.452. The lowest BCUT2D eigenvalue weighted by Gasteiger charge is -2.48. The van der Waals surface area contributed by atoms with Gasteiger partial charge in [-0.1, -0.05) is 0 Å². The van der Waals surface area contributed by atoms with Crippen LogP contribution in [0.15, 0.2) is 0 Å². The van der Waals surface area contributed by atoms with Crippen molar-refractivity contribution in [1.29, 1.82) is 0 Å². The summed E-state index contributed by atoms with van der Waals surface area (Å²) in [5.74, 6) is -3.02. The Labute approximate surface area is 85.4 Å². The van der Waals surface area contributed by atoms with Crippen LogP contribution >= 0.6 is 0 Å². The molecule has 1 heterocycles. The fourth-order valence-electron chi connectivity index (χ4n) is 1.49. The number of aliphatic hydroxyl groups excluding tert-OH is 3. The van der Waals surface area contributed by atoms with Gasteiger partial charge in [0, 0.05) is 0 Å². The molecular weight excluding hydrogens is 210 g/mol. The summed E-state index contributed by atoms with van der Waals surface area (Å²) in [6, 6.07) is 0. The van der Waals surface area contributed by atoms with Gasteiger partial charge in [0.1, 0.15) is 12.2 Å². The van der Waals surface area contributed by atoms with E-state index in [1.54, 1.807) is 0 Å². The van der Waals surface area contributed by atoms with Crippen molar-refractivity contribution < 1.29 is 35.4 Å². The molecule has 1 aliphatic rings. The Hall–Kier alpha value is -0.320. The van der Waals surface area contributed by atoms with E-state index >= 15 is 0 Å². The van der Waals surface area contributed by atoms with Crippen LogP contribution in [0.5, 0.6) is 0 Å². The third-order valence-corrected chi connectivity index (χ3v) is 2.51. The van der Waals surface area contributed by atoms with E-state index in [0.29, 0.717) is 0 Å². The molecule has 15 heavy (non-hydrogen) atoms. The van der Waals surface area contributed by atoms with Gasteiger partial charge in [0.05, 0.1) is 6.61 Å². The van der Waals surface area contributed by atoms with E-state index in [9.17, 15) is 15.3 Å².